The second-order valence-electron chi connectivity index (χ2n) is 6.53. The fourth-order valence-corrected chi connectivity index (χ4v) is 3.87. The molecule has 0 aliphatic rings. The number of nitrogens with zero attached hydrogens (tertiary/aromatic N) is 1. The summed E-state index contributed by atoms with van der Waals surface area (Å²) in [6.45, 7) is 10.2. The number of aryl methyl sites for hydroxylation is 2. The number of unbranched alkanes of at least 4 members (excludes halogenated alkanes) is 3. The first-order valence-corrected chi connectivity index (χ1v) is 14.5. The molecule has 2 atom stereocenters. The minimum absolute atomic E-state index is 1.01. The van der Waals surface area contributed by atoms with Crippen LogP contribution < -0.4 is 0 Å². The second-order valence-corrected chi connectivity index (χ2v) is 8.67. The van der Waals surface area contributed by atoms with Crippen LogP contribution in [0, 0.1) is 0 Å². The predicted molar refractivity (Wildman–Crippen MR) is 142 cm³/mol. The molecule has 0 bridgehead atoms. The van der Waals surface area contributed by atoms with Gasteiger partial charge in [-0.3, -0.25) is 4.99 Å². The fourth-order valence-electron chi connectivity index (χ4n) is 2.80. The van der Waals surface area contributed by atoms with Crippen molar-refractivity contribution in [2.45, 2.75) is 79.6 Å². The average molecular weight is 432 g/mol. The summed E-state index contributed by atoms with van der Waals surface area (Å²) >= 11 is 0. The van der Waals surface area contributed by atoms with Gasteiger partial charge >= 0.3 is 0 Å². The van der Waals surface area contributed by atoms with Crippen molar-refractivity contribution in [3.63, 3.8) is 0 Å². The molecule has 29 heavy (non-hydrogen) atoms. The Labute approximate surface area is 185 Å². The first kappa shape index (κ1) is 28.0. The summed E-state index contributed by atoms with van der Waals surface area (Å²) in [5, 5.41) is 0. The number of hydrogen-bond donors (Lipinski definition) is 0. The van der Waals surface area contributed by atoms with E-state index in [1.54, 1.807) is 0 Å². The van der Waals surface area contributed by atoms with Crippen LogP contribution in [0.25, 0.3) is 0 Å². The van der Waals surface area contributed by atoms with Gasteiger partial charge < -0.3 is 0 Å². The topological polar surface area (TPSA) is 12.4 Å². The van der Waals surface area contributed by atoms with E-state index in [4.69, 9.17) is 0 Å². The number of hydrogen-bond acceptors (Lipinski definition) is 1. The largest absolute Gasteiger partial charge is 0.256 e. The van der Waals surface area contributed by atoms with Crippen LogP contribution in [0.3, 0.4) is 0 Å². The summed E-state index contributed by atoms with van der Waals surface area (Å²) in [4.78, 5) is 4.60. The van der Waals surface area contributed by atoms with Gasteiger partial charge in [-0.05, 0) is 67.1 Å². The summed E-state index contributed by atoms with van der Waals surface area (Å²) in [6.07, 6.45) is 12.2. The molecule has 2 aromatic rings. The number of benzene rings is 2. The molecule has 0 saturated heterocycles. The van der Waals surface area contributed by atoms with Gasteiger partial charge in [-0.1, -0.05) is 83.9 Å². The Morgan fingerprint density at radius 1 is 0.759 bits per heavy atom. The van der Waals surface area contributed by atoms with Gasteiger partial charge in [0.1, 0.15) is 0 Å². The van der Waals surface area contributed by atoms with Crippen molar-refractivity contribution in [2.75, 3.05) is 6.16 Å². The van der Waals surface area contributed by atoms with E-state index in [1.165, 1.54) is 67.8 Å². The van der Waals surface area contributed by atoms with E-state index >= 15 is 0 Å². The normalized spacial score (nSPS) is 10.6. The molecule has 0 N–H and O–H groups in total. The van der Waals surface area contributed by atoms with Gasteiger partial charge in [-0.15, -0.1) is 17.2 Å². The molecule has 0 amide bonds. The van der Waals surface area contributed by atoms with Gasteiger partial charge in [0.15, 0.2) is 0 Å². The summed E-state index contributed by atoms with van der Waals surface area (Å²) in [6, 6.07) is 17.5. The summed E-state index contributed by atoms with van der Waals surface area (Å²) in [5.74, 6) is 0. The maximum Gasteiger partial charge on any atom is 0.0630 e. The van der Waals surface area contributed by atoms with E-state index in [0.29, 0.717) is 0 Å². The third-order valence-electron chi connectivity index (χ3n) is 4.38. The van der Waals surface area contributed by atoms with Crippen molar-refractivity contribution < 1.29 is 0 Å². The van der Waals surface area contributed by atoms with Gasteiger partial charge in [-0.25, -0.2) is 0 Å². The average Bonchev–Trinajstić information content (AvgIpc) is 2.80. The second kappa shape index (κ2) is 20.3. The summed E-state index contributed by atoms with van der Waals surface area (Å²) in [5.41, 5.74) is 5.04. The fraction of sp³-hybridized carbons (Fsp3) is 0.500. The monoisotopic (exact) mass is 431 g/mol. The standard InChI is InChI=1S/C22H31NP2.2C2H6/c1-2-3-4-7-20-13-15-22(16-14-20)23-18-21-11-9-19(10-12-21)8-5-6-17-25-24;2*1-2/h9-16,18,25H,2-8,17,24H2,1H3;2*1-2H3. The van der Waals surface area contributed by atoms with Crippen molar-refractivity contribution >= 4 is 29.1 Å². The predicted octanol–water partition coefficient (Wildman–Crippen LogP) is 9.01. The molecule has 2 aromatic carbocycles. The van der Waals surface area contributed by atoms with Gasteiger partial charge in [0, 0.05) is 6.21 Å². The highest BCUT2D eigenvalue weighted by Crippen LogP contribution is 2.21. The van der Waals surface area contributed by atoms with E-state index < -0.39 is 0 Å². The molecule has 0 aromatic heterocycles. The van der Waals surface area contributed by atoms with Crippen LogP contribution in [-0.2, 0) is 12.8 Å². The lowest BCUT2D eigenvalue weighted by atomic mass is 10.1. The highest BCUT2D eigenvalue weighted by molar-refractivity contribution is 8.02. The molecule has 0 heterocycles. The highest BCUT2D eigenvalue weighted by atomic mass is 32.0. The van der Waals surface area contributed by atoms with Crippen molar-refractivity contribution in [1.29, 1.82) is 0 Å². The van der Waals surface area contributed by atoms with Crippen LogP contribution in [0.15, 0.2) is 53.5 Å². The minimum atomic E-state index is 1.01. The molecule has 0 saturated carbocycles. The van der Waals surface area contributed by atoms with Crippen LogP contribution in [0.4, 0.5) is 5.69 Å². The van der Waals surface area contributed by atoms with Crippen molar-refractivity contribution in [2.24, 2.45) is 4.99 Å². The lowest BCUT2D eigenvalue weighted by Crippen LogP contribution is -1.88. The quantitative estimate of drug-likeness (QED) is 0.191. The smallest absolute Gasteiger partial charge is 0.0630 e. The van der Waals surface area contributed by atoms with E-state index in [1.807, 2.05) is 33.9 Å². The maximum atomic E-state index is 4.60. The zero-order valence-electron chi connectivity index (χ0n) is 19.4. The summed E-state index contributed by atoms with van der Waals surface area (Å²) in [7, 11) is 3.84. The van der Waals surface area contributed by atoms with Crippen LogP contribution in [0.1, 0.15) is 83.4 Å². The van der Waals surface area contributed by atoms with Crippen molar-refractivity contribution in [1.82, 2.24) is 0 Å². The number of aliphatic imine (C=N–C) groups is 1. The molecule has 2 rings (SSSR count). The molecule has 3 heteroatoms. The minimum Gasteiger partial charge on any atom is -0.256 e. The zero-order chi connectivity index (χ0) is 21.7. The summed E-state index contributed by atoms with van der Waals surface area (Å²) < 4.78 is 0. The highest BCUT2D eigenvalue weighted by Gasteiger charge is 1.96. The SMILES string of the molecule is CC.CC.CCCCCc1ccc(N=Cc2ccc(CCCCPP)cc2)cc1. The molecular formula is C26H43NP2. The van der Waals surface area contributed by atoms with E-state index in [-0.39, 0.29) is 0 Å². The van der Waals surface area contributed by atoms with E-state index in [0.717, 1.165) is 14.0 Å². The Balaban J connectivity index is 0.00000184. The van der Waals surface area contributed by atoms with E-state index in [9.17, 15) is 0 Å². The van der Waals surface area contributed by atoms with Crippen molar-refractivity contribution in [3.05, 3.63) is 65.2 Å². The molecule has 0 spiro atoms. The van der Waals surface area contributed by atoms with Gasteiger partial charge in [0.05, 0.1) is 5.69 Å². The molecule has 0 radical (unpaired) electrons. The Bertz CT molecular complexity index is 618. The Kier molecular flexibility index (Phi) is 19.5. The van der Waals surface area contributed by atoms with Gasteiger partial charge in [0.2, 0.25) is 0 Å². The van der Waals surface area contributed by atoms with Crippen LogP contribution in [0.5, 0.6) is 0 Å². The Morgan fingerprint density at radius 2 is 1.28 bits per heavy atom. The van der Waals surface area contributed by atoms with Crippen LogP contribution >= 0.6 is 17.2 Å². The first-order chi connectivity index (χ1) is 14.3. The molecular weight excluding hydrogens is 388 g/mol. The lowest BCUT2D eigenvalue weighted by molar-refractivity contribution is 0.717. The lowest BCUT2D eigenvalue weighted by Gasteiger charge is -2.02. The Morgan fingerprint density at radius 3 is 1.79 bits per heavy atom. The van der Waals surface area contributed by atoms with Crippen molar-refractivity contribution in [3.8, 4) is 0 Å². The Hall–Kier alpha value is -1.03. The van der Waals surface area contributed by atoms with Crippen LogP contribution in [0.2, 0.25) is 0 Å². The molecule has 2 unspecified atom stereocenters. The molecule has 0 aliphatic heterocycles. The molecule has 162 valence electrons. The number of rotatable bonds is 11. The van der Waals surface area contributed by atoms with E-state index in [2.05, 4.69) is 69.4 Å². The third kappa shape index (κ3) is 13.8. The molecule has 0 fully saturated rings. The molecule has 0 aliphatic carbocycles. The van der Waals surface area contributed by atoms with Gasteiger partial charge in [-0.2, -0.15) is 0 Å². The van der Waals surface area contributed by atoms with Gasteiger partial charge in [0.25, 0.3) is 0 Å². The molecule has 1 nitrogen and oxygen atoms in total. The van der Waals surface area contributed by atoms with Crippen LogP contribution in [-0.4, -0.2) is 12.4 Å². The third-order valence-corrected chi connectivity index (χ3v) is 5.89. The maximum absolute atomic E-state index is 4.60. The first-order valence-electron chi connectivity index (χ1n) is 11.5. The zero-order valence-corrected chi connectivity index (χ0v) is 21.5.